The molecule has 0 bridgehead atoms. The van der Waals surface area contributed by atoms with Gasteiger partial charge in [-0.25, -0.2) is 23.4 Å². The van der Waals surface area contributed by atoms with Crippen LogP contribution in [-0.2, 0) is 14.9 Å². The molecule has 2 rings (SSSR count). The number of aryl methyl sites for hydroxylation is 1. The van der Waals surface area contributed by atoms with E-state index in [2.05, 4.69) is 5.48 Å². The van der Waals surface area contributed by atoms with Gasteiger partial charge < -0.3 is 0 Å². The minimum absolute atomic E-state index is 0.0356. The van der Waals surface area contributed by atoms with Gasteiger partial charge in [-0.15, -0.1) is 0 Å². The molecule has 116 valence electrons. The van der Waals surface area contributed by atoms with Crippen molar-refractivity contribution in [3.63, 3.8) is 0 Å². The third-order valence-electron chi connectivity index (χ3n) is 3.43. The van der Waals surface area contributed by atoms with Gasteiger partial charge in [-0.2, -0.15) is 0 Å². The minimum atomic E-state index is -3.87. The van der Waals surface area contributed by atoms with Crippen LogP contribution in [0, 0.1) is 6.92 Å². The highest BCUT2D eigenvalue weighted by molar-refractivity contribution is 7.90. The number of rotatable bonds is 4. The first-order valence-electron chi connectivity index (χ1n) is 7.02. The summed E-state index contributed by atoms with van der Waals surface area (Å²) >= 11 is 0. The fraction of sp³-hybridized carbons (Fsp3) is 0.500. The van der Waals surface area contributed by atoms with Crippen molar-refractivity contribution in [2.45, 2.75) is 50.0 Å². The maximum absolute atomic E-state index is 12.0. The van der Waals surface area contributed by atoms with Gasteiger partial charge in [0.25, 0.3) is 10.0 Å². The summed E-state index contributed by atoms with van der Waals surface area (Å²) in [5.41, 5.74) is 3.10. The molecule has 1 fully saturated rings. The smallest absolute Gasteiger partial charge is 0.269 e. The van der Waals surface area contributed by atoms with Gasteiger partial charge in [-0.1, -0.05) is 37.0 Å². The van der Waals surface area contributed by atoms with E-state index in [0.29, 0.717) is 0 Å². The molecule has 1 aromatic carbocycles. The third kappa shape index (κ3) is 4.71. The number of carbonyl (C=O) groups is 1. The van der Waals surface area contributed by atoms with Crippen LogP contribution in [0.25, 0.3) is 0 Å². The Balaban J connectivity index is 1.87. The first kappa shape index (κ1) is 15.8. The van der Waals surface area contributed by atoms with E-state index in [-0.39, 0.29) is 11.0 Å². The molecule has 0 unspecified atom stereocenters. The van der Waals surface area contributed by atoms with Crippen LogP contribution >= 0.6 is 0 Å². The van der Waals surface area contributed by atoms with Crippen molar-refractivity contribution < 1.29 is 18.0 Å². The standard InChI is InChI=1S/C14H20N2O4S/c1-11-7-9-13(10-8-11)21(18,19)16-14(17)15-20-12-5-3-2-4-6-12/h7-10,12H,2-6H2,1H3,(H2,15,16,17). The number of hydroxylamine groups is 1. The predicted octanol–water partition coefficient (Wildman–Crippen LogP) is 2.25. The molecule has 7 heteroatoms. The molecule has 0 atom stereocenters. The Morgan fingerprint density at radius 1 is 1.14 bits per heavy atom. The van der Waals surface area contributed by atoms with Crippen molar-refractivity contribution in [1.29, 1.82) is 0 Å². The monoisotopic (exact) mass is 312 g/mol. The molecule has 0 saturated heterocycles. The number of nitrogens with one attached hydrogen (secondary N) is 2. The van der Waals surface area contributed by atoms with E-state index in [9.17, 15) is 13.2 Å². The maximum atomic E-state index is 12.0. The molecule has 0 heterocycles. The van der Waals surface area contributed by atoms with Crippen LogP contribution in [0.15, 0.2) is 29.2 Å². The highest BCUT2D eigenvalue weighted by atomic mass is 32.2. The lowest BCUT2D eigenvalue weighted by Gasteiger charge is -2.21. The largest absolute Gasteiger partial charge is 0.352 e. The fourth-order valence-corrected chi connectivity index (χ4v) is 3.14. The van der Waals surface area contributed by atoms with Gasteiger partial charge in [0.15, 0.2) is 0 Å². The molecule has 6 nitrogen and oxygen atoms in total. The van der Waals surface area contributed by atoms with Crippen molar-refractivity contribution in [3.05, 3.63) is 29.8 Å². The zero-order chi connectivity index (χ0) is 15.3. The van der Waals surface area contributed by atoms with E-state index in [0.717, 1.165) is 31.2 Å². The summed E-state index contributed by atoms with van der Waals surface area (Å²) in [4.78, 5) is 16.9. The summed E-state index contributed by atoms with van der Waals surface area (Å²) in [5.74, 6) is 0. The first-order chi connectivity index (χ1) is 9.97. The number of hydrogen-bond acceptors (Lipinski definition) is 4. The van der Waals surface area contributed by atoms with Gasteiger partial charge in [0.05, 0.1) is 11.0 Å². The van der Waals surface area contributed by atoms with Crippen LogP contribution in [0.2, 0.25) is 0 Å². The van der Waals surface area contributed by atoms with E-state index < -0.39 is 16.1 Å². The van der Waals surface area contributed by atoms with Gasteiger partial charge in [0, 0.05) is 0 Å². The Labute approximate surface area is 124 Å². The average molecular weight is 312 g/mol. The zero-order valence-electron chi connectivity index (χ0n) is 12.0. The van der Waals surface area contributed by atoms with E-state index >= 15 is 0 Å². The van der Waals surface area contributed by atoms with Crippen LogP contribution in [0.1, 0.15) is 37.7 Å². The minimum Gasteiger partial charge on any atom is -0.269 e. The van der Waals surface area contributed by atoms with Crippen molar-refractivity contribution in [3.8, 4) is 0 Å². The molecule has 0 spiro atoms. The van der Waals surface area contributed by atoms with E-state index in [4.69, 9.17) is 4.84 Å². The lowest BCUT2D eigenvalue weighted by molar-refractivity contribution is -0.0214. The van der Waals surface area contributed by atoms with Crippen molar-refractivity contribution in [2.75, 3.05) is 0 Å². The summed E-state index contributed by atoms with van der Waals surface area (Å²) in [5, 5.41) is 0. The quantitative estimate of drug-likeness (QED) is 0.835. The highest BCUT2D eigenvalue weighted by Crippen LogP contribution is 2.19. The average Bonchev–Trinajstić information content (AvgIpc) is 2.46. The number of hydrogen-bond donors (Lipinski definition) is 2. The second-order valence-electron chi connectivity index (χ2n) is 5.23. The number of urea groups is 1. The Kier molecular flexibility index (Phi) is 5.19. The maximum Gasteiger partial charge on any atom is 0.352 e. The van der Waals surface area contributed by atoms with Gasteiger partial charge in [-0.3, -0.25) is 4.84 Å². The molecule has 2 amide bonds. The lowest BCUT2D eigenvalue weighted by atomic mass is 9.98. The van der Waals surface area contributed by atoms with Crippen molar-refractivity contribution >= 4 is 16.1 Å². The van der Waals surface area contributed by atoms with Crippen LogP contribution in [0.4, 0.5) is 4.79 Å². The van der Waals surface area contributed by atoms with E-state index in [1.54, 1.807) is 12.1 Å². The Morgan fingerprint density at radius 2 is 1.76 bits per heavy atom. The molecule has 1 saturated carbocycles. The van der Waals surface area contributed by atoms with Crippen LogP contribution < -0.4 is 10.2 Å². The van der Waals surface area contributed by atoms with Crippen LogP contribution in [0.5, 0.6) is 0 Å². The summed E-state index contributed by atoms with van der Waals surface area (Å²) < 4.78 is 25.9. The van der Waals surface area contributed by atoms with E-state index in [1.165, 1.54) is 18.6 Å². The summed E-state index contributed by atoms with van der Waals surface area (Å²) in [7, 11) is -3.87. The Bertz CT molecular complexity index is 577. The second kappa shape index (κ2) is 6.91. The second-order valence-corrected chi connectivity index (χ2v) is 6.91. The molecule has 0 radical (unpaired) electrons. The number of carbonyl (C=O) groups excluding carboxylic acids is 1. The molecule has 1 aromatic rings. The van der Waals surface area contributed by atoms with Gasteiger partial charge in [0.2, 0.25) is 0 Å². The number of amides is 2. The van der Waals surface area contributed by atoms with Gasteiger partial charge in [-0.05, 0) is 31.9 Å². The molecule has 2 N–H and O–H groups in total. The number of sulfonamides is 1. The Morgan fingerprint density at radius 3 is 2.38 bits per heavy atom. The van der Waals surface area contributed by atoms with Crippen molar-refractivity contribution in [1.82, 2.24) is 10.2 Å². The van der Waals surface area contributed by atoms with Gasteiger partial charge >= 0.3 is 6.03 Å². The summed E-state index contributed by atoms with van der Waals surface area (Å²) in [6.07, 6.45) is 5.03. The van der Waals surface area contributed by atoms with Crippen molar-refractivity contribution in [2.24, 2.45) is 0 Å². The third-order valence-corrected chi connectivity index (χ3v) is 4.78. The lowest BCUT2D eigenvalue weighted by Crippen LogP contribution is -2.41. The first-order valence-corrected chi connectivity index (χ1v) is 8.51. The van der Waals surface area contributed by atoms with Crippen LogP contribution in [0.3, 0.4) is 0 Å². The normalized spacial score (nSPS) is 16.4. The molecule has 0 aromatic heterocycles. The summed E-state index contributed by atoms with van der Waals surface area (Å²) in [6, 6.07) is 5.37. The molecule has 0 aliphatic heterocycles. The fourth-order valence-electron chi connectivity index (χ4n) is 2.24. The highest BCUT2D eigenvalue weighted by Gasteiger charge is 2.19. The number of benzene rings is 1. The molecular weight excluding hydrogens is 292 g/mol. The summed E-state index contributed by atoms with van der Waals surface area (Å²) in [6.45, 7) is 1.86. The molecule has 1 aliphatic carbocycles. The predicted molar refractivity (Wildman–Crippen MR) is 78.0 cm³/mol. The van der Waals surface area contributed by atoms with E-state index in [1.807, 2.05) is 11.6 Å². The van der Waals surface area contributed by atoms with Gasteiger partial charge in [0.1, 0.15) is 0 Å². The molecule has 21 heavy (non-hydrogen) atoms. The molecular formula is C14H20N2O4S. The molecule has 1 aliphatic rings. The topological polar surface area (TPSA) is 84.5 Å². The Hall–Kier alpha value is -1.60. The zero-order valence-corrected chi connectivity index (χ0v) is 12.8. The van der Waals surface area contributed by atoms with Crippen LogP contribution in [-0.4, -0.2) is 20.6 Å². The SMILES string of the molecule is Cc1ccc(S(=O)(=O)NC(=O)NOC2CCCCC2)cc1.